The molecule has 1 aromatic carbocycles. The smallest absolute Gasteiger partial charge is 0.238 e. The van der Waals surface area contributed by atoms with Crippen molar-refractivity contribution in [3.63, 3.8) is 0 Å². The molecule has 0 aliphatic heterocycles. The molecule has 7 heteroatoms. The van der Waals surface area contributed by atoms with E-state index in [2.05, 4.69) is 15.8 Å². The van der Waals surface area contributed by atoms with Gasteiger partial charge in [-0.05, 0) is 38.7 Å². The fraction of sp³-hybridized carbons (Fsp3) is 0.286. The van der Waals surface area contributed by atoms with E-state index in [1.54, 1.807) is 43.3 Å². The highest BCUT2D eigenvalue weighted by molar-refractivity contribution is 6.10. The Morgan fingerprint density at radius 1 is 1.29 bits per heavy atom. The number of amides is 1. The summed E-state index contributed by atoms with van der Waals surface area (Å²) in [6.45, 7) is 2.13. The van der Waals surface area contributed by atoms with Crippen LogP contribution in [0.3, 0.4) is 0 Å². The van der Waals surface area contributed by atoms with E-state index in [1.165, 1.54) is 0 Å². The van der Waals surface area contributed by atoms with Gasteiger partial charge < -0.3 is 10.2 Å². The maximum atomic E-state index is 11.8. The van der Waals surface area contributed by atoms with Crippen molar-refractivity contribution in [3.05, 3.63) is 23.8 Å². The zero-order valence-electron chi connectivity index (χ0n) is 12.1. The highest BCUT2D eigenvalue weighted by Crippen LogP contribution is 2.23. The minimum Gasteiger partial charge on any atom is -0.323 e. The van der Waals surface area contributed by atoms with Crippen molar-refractivity contribution < 1.29 is 4.79 Å². The third-order valence-corrected chi connectivity index (χ3v) is 2.41. The van der Waals surface area contributed by atoms with E-state index >= 15 is 0 Å². The van der Waals surface area contributed by atoms with Gasteiger partial charge >= 0.3 is 0 Å². The van der Waals surface area contributed by atoms with Crippen molar-refractivity contribution in [3.8, 4) is 12.1 Å². The van der Waals surface area contributed by atoms with E-state index in [1.807, 2.05) is 13.0 Å². The Balaban J connectivity index is 2.96. The number of aryl methyl sites for hydroxylation is 1. The molecule has 0 saturated heterocycles. The molecule has 0 unspecified atom stereocenters. The van der Waals surface area contributed by atoms with Crippen LogP contribution in [0.4, 0.5) is 11.4 Å². The molecule has 0 fully saturated rings. The van der Waals surface area contributed by atoms with Gasteiger partial charge in [-0.2, -0.15) is 15.6 Å². The molecule has 21 heavy (non-hydrogen) atoms. The Hall–Kier alpha value is -2.90. The molecule has 7 nitrogen and oxygen atoms in total. The third-order valence-electron chi connectivity index (χ3n) is 2.41. The number of nitriles is 2. The van der Waals surface area contributed by atoms with Gasteiger partial charge in [0.15, 0.2) is 0 Å². The average molecular weight is 284 g/mol. The molecule has 0 heterocycles. The number of rotatable bonds is 5. The van der Waals surface area contributed by atoms with Crippen molar-refractivity contribution >= 4 is 23.0 Å². The highest BCUT2D eigenvalue weighted by Gasteiger charge is 2.08. The molecule has 0 spiro atoms. The number of nitrogens with zero attached hydrogens (tertiary/aromatic N) is 4. The fourth-order valence-corrected chi connectivity index (χ4v) is 1.53. The van der Waals surface area contributed by atoms with Crippen LogP contribution in [0.15, 0.2) is 23.3 Å². The predicted molar refractivity (Wildman–Crippen MR) is 80.6 cm³/mol. The minimum atomic E-state index is -0.290. The largest absolute Gasteiger partial charge is 0.323 e. The lowest BCUT2D eigenvalue weighted by Crippen LogP contribution is -2.27. The van der Waals surface area contributed by atoms with Crippen LogP contribution in [-0.2, 0) is 4.79 Å². The molecule has 0 radical (unpaired) electrons. The number of carbonyl (C=O) groups excluding carboxylic acids is 1. The Labute approximate surface area is 123 Å². The molecule has 0 aliphatic carbocycles. The summed E-state index contributed by atoms with van der Waals surface area (Å²) in [5.74, 6) is -0.170. The molecule has 0 aromatic heterocycles. The van der Waals surface area contributed by atoms with Gasteiger partial charge in [-0.15, -0.1) is 0 Å². The Bertz CT molecular complexity index is 620. The molecular weight excluding hydrogens is 268 g/mol. The molecule has 2 N–H and O–H groups in total. The molecule has 1 rings (SSSR count). The Kier molecular flexibility index (Phi) is 5.87. The fourth-order valence-electron chi connectivity index (χ4n) is 1.53. The number of hydrogen-bond donors (Lipinski definition) is 2. The van der Waals surface area contributed by atoms with Gasteiger partial charge in [-0.3, -0.25) is 10.2 Å². The molecule has 0 bridgehead atoms. The van der Waals surface area contributed by atoms with E-state index in [9.17, 15) is 4.79 Å². The summed E-state index contributed by atoms with van der Waals surface area (Å²) in [5.41, 5.74) is 4.34. The zero-order valence-corrected chi connectivity index (χ0v) is 12.1. The summed E-state index contributed by atoms with van der Waals surface area (Å²) < 4.78 is 0. The first-order valence-corrected chi connectivity index (χ1v) is 6.15. The molecule has 0 aliphatic rings. The van der Waals surface area contributed by atoms with Crippen molar-refractivity contribution in [1.29, 1.82) is 10.5 Å². The number of hydrogen-bond acceptors (Lipinski definition) is 6. The summed E-state index contributed by atoms with van der Waals surface area (Å²) >= 11 is 0. The summed E-state index contributed by atoms with van der Waals surface area (Å²) in [5, 5.41) is 23.7. The molecule has 1 amide bonds. The number of anilines is 2. The highest BCUT2D eigenvalue weighted by atomic mass is 16.2. The van der Waals surface area contributed by atoms with E-state index in [0.717, 1.165) is 5.56 Å². The molecule has 0 saturated carbocycles. The predicted octanol–water partition coefficient (Wildman–Crippen LogP) is 1.31. The summed E-state index contributed by atoms with van der Waals surface area (Å²) in [7, 11) is 3.59. The van der Waals surface area contributed by atoms with Crippen LogP contribution in [0.1, 0.15) is 5.56 Å². The van der Waals surface area contributed by atoms with Crippen LogP contribution in [0.25, 0.3) is 0 Å². The van der Waals surface area contributed by atoms with Crippen molar-refractivity contribution in [2.45, 2.75) is 6.92 Å². The summed E-state index contributed by atoms with van der Waals surface area (Å²) in [4.78, 5) is 13.5. The van der Waals surface area contributed by atoms with Crippen molar-refractivity contribution in [2.75, 3.05) is 31.4 Å². The number of benzene rings is 1. The lowest BCUT2D eigenvalue weighted by Gasteiger charge is -2.13. The number of nitrogens with one attached hydrogen (secondary N) is 2. The van der Waals surface area contributed by atoms with Gasteiger partial charge in [0.2, 0.25) is 11.6 Å². The molecule has 1 aromatic rings. The summed E-state index contributed by atoms with van der Waals surface area (Å²) in [6, 6.07) is 8.65. The van der Waals surface area contributed by atoms with Crippen LogP contribution < -0.4 is 10.7 Å². The second kappa shape index (κ2) is 7.63. The SMILES string of the molecule is Cc1ccc(NC(=O)CN(C)C)c(NN=C(C#N)C#N)c1. The maximum Gasteiger partial charge on any atom is 0.238 e. The molecule has 108 valence electrons. The first-order chi connectivity index (χ1) is 9.96. The van der Waals surface area contributed by atoms with Gasteiger partial charge in [-0.1, -0.05) is 6.07 Å². The Morgan fingerprint density at radius 2 is 1.95 bits per heavy atom. The van der Waals surface area contributed by atoms with Gasteiger partial charge in [0.1, 0.15) is 12.1 Å². The topological polar surface area (TPSA) is 104 Å². The monoisotopic (exact) mass is 284 g/mol. The van der Waals surface area contributed by atoms with Crippen LogP contribution >= 0.6 is 0 Å². The average Bonchev–Trinajstić information content (AvgIpc) is 2.41. The standard InChI is InChI=1S/C14H16N6O/c1-10-4-5-12(17-14(21)9-20(2)3)13(6-10)19-18-11(7-15)8-16/h4-6,19H,9H2,1-3H3,(H,17,21). The van der Waals surface area contributed by atoms with Gasteiger partial charge in [0.25, 0.3) is 0 Å². The quantitative estimate of drug-likeness (QED) is 0.626. The van der Waals surface area contributed by atoms with Crippen LogP contribution in [0.5, 0.6) is 0 Å². The van der Waals surface area contributed by atoms with Crippen LogP contribution in [0, 0.1) is 29.6 Å². The van der Waals surface area contributed by atoms with Gasteiger partial charge in [-0.25, -0.2) is 0 Å². The normalized spacial score (nSPS) is 9.43. The lowest BCUT2D eigenvalue weighted by atomic mass is 10.2. The number of carbonyl (C=O) groups is 1. The first-order valence-electron chi connectivity index (χ1n) is 6.15. The lowest BCUT2D eigenvalue weighted by molar-refractivity contribution is -0.116. The van der Waals surface area contributed by atoms with E-state index < -0.39 is 0 Å². The van der Waals surface area contributed by atoms with Crippen LogP contribution in [0.2, 0.25) is 0 Å². The van der Waals surface area contributed by atoms with E-state index in [-0.39, 0.29) is 18.2 Å². The molecular formula is C14H16N6O. The number of likely N-dealkylation sites (N-methyl/N-ethyl adjacent to an activating group) is 1. The van der Waals surface area contributed by atoms with E-state index in [4.69, 9.17) is 10.5 Å². The first kappa shape index (κ1) is 16.2. The maximum absolute atomic E-state index is 11.8. The second-order valence-electron chi connectivity index (χ2n) is 4.63. The minimum absolute atomic E-state index is 0.170. The second-order valence-corrected chi connectivity index (χ2v) is 4.63. The Morgan fingerprint density at radius 3 is 2.52 bits per heavy atom. The van der Waals surface area contributed by atoms with Gasteiger partial charge in [0.05, 0.1) is 17.9 Å². The molecule has 0 atom stereocenters. The van der Waals surface area contributed by atoms with Gasteiger partial charge in [0, 0.05) is 0 Å². The van der Waals surface area contributed by atoms with Crippen molar-refractivity contribution in [1.82, 2.24) is 4.90 Å². The zero-order chi connectivity index (χ0) is 15.8. The van der Waals surface area contributed by atoms with E-state index in [0.29, 0.717) is 11.4 Å². The van der Waals surface area contributed by atoms with Crippen LogP contribution in [-0.4, -0.2) is 37.2 Å². The number of hydrazone groups is 1. The summed E-state index contributed by atoms with van der Waals surface area (Å²) in [6.07, 6.45) is 0. The third kappa shape index (κ3) is 5.31. The van der Waals surface area contributed by atoms with Crippen molar-refractivity contribution in [2.24, 2.45) is 5.10 Å².